The highest BCUT2D eigenvalue weighted by Crippen LogP contribution is 2.11. The lowest BCUT2D eigenvalue weighted by molar-refractivity contribution is -0.137. The van der Waals surface area contributed by atoms with Crippen LogP contribution in [0.2, 0.25) is 0 Å². The predicted molar refractivity (Wildman–Crippen MR) is 80.4 cm³/mol. The smallest absolute Gasteiger partial charge is 0.305 e. The van der Waals surface area contributed by atoms with Crippen molar-refractivity contribution in [2.75, 3.05) is 6.61 Å². The molecule has 1 aromatic carbocycles. The summed E-state index contributed by atoms with van der Waals surface area (Å²) in [5.41, 5.74) is 1.15. The summed E-state index contributed by atoms with van der Waals surface area (Å²) in [6.07, 6.45) is 1.67. The van der Waals surface area contributed by atoms with E-state index in [4.69, 9.17) is 9.84 Å². The van der Waals surface area contributed by atoms with Crippen LogP contribution < -0.4 is 10.1 Å². The number of hydrogen-bond donors (Lipinski definition) is 2. The summed E-state index contributed by atoms with van der Waals surface area (Å²) < 4.78 is 5.48. The maximum atomic E-state index is 11.8. The zero-order valence-electron chi connectivity index (χ0n) is 12.6. The summed E-state index contributed by atoms with van der Waals surface area (Å²) in [4.78, 5) is 22.5. The van der Waals surface area contributed by atoms with Gasteiger partial charge in [-0.3, -0.25) is 9.59 Å². The molecule has 1 amide bonds. The molecule has 1 atom stereocenters. The average Bonchev–Trinajstić information content (AvgIpc) is 2.40. The first kappa shape index (κ1) is 17.0. The number of aliphatic carboxylic acids is 1. The highest BCUT2D eigenvalue weighted by atomic mass is 16.5. The number of hydrogen-bond acceptors (Lipinski definition) is 3. The average molecular weight is 293 g/mol. The highest BCUT2D eigenvalue weighted by Gasteiger charge is 2.14. The predicted octanol–water partition coefficient (Wildman–Crippen LogP) is 2.52. The van der Waals surface area contributed by atoms with Gasteiger partial charge in [0.2, 0.25) is 5.91 Å². The Bertz CT molecular complexity index is 456. The van der Waals surface area contributed by atoms with Crippen molar-refractivity contribution in [1.29, 1.82) is 0 Å². The number of carbonyl (C=O) groups excluding carboxylic acids is 1. The molecular weight excluding hydrogens is 270 g/mol. The molecule has 0 saturated heterocycles. The first-order valence-corrected chi connectivity index (χ1v) is 7.22. The van der Waals surface area contributed by atoms with Gasteiger partial charge in [-0.1, -0.05) is 31.0 Å². The molecule has 0 heterocycles. The Labute approximate surface area is 125 Å². The van der Waals surface area contributed by atoms with E-state index in [2.05, 4.69) is 5.32 Å². The maximum Gasteiger partial charge on any atom is 0.305 e. The molecule has 0 aliphatic carbocycles. The Morgan fingerprint density at radius 3 is 2.52 bits per heavy atom. The minimum atomic E-state index is -0.898. The SMILES string of the molecule is CCCC(CC(=O)O)NC(=O)CCOc1ccc(C)cc1. The van der Waals surface area contributed by atoms with Crippen molar-refractivity contribution in [2.45, 2.75) is 45.6 Å². The third-order valence-corrected chi connectivity index (χ3v) is 3.04. The summed E-state index contributed by atoms with van der Waals surface area (Å²) >= 11 is 0. The van der Waals surface area contributed by atoms with Crippen LogP contribution in [0.15, 0.2) is 24.3 Å². The summed E-state index contributed by atoms with van der Waals surface area (Å²) in [5.74, 6) is -0.351. The lowest BCUT2D eigenvalue weighted by Crippen LogP contribution is -2.37. The molecule has 0 bridgehead atoms. The van der Waals surface area contributed by atoms with Gasteiger partial charge in [-0.15, -0.1) is 0 Å². The van der Waals surface area contributed by atoms with E-state index in [1.54, 1.807) is 0 Å². The number of carboxylic acid groups (broad SMARTS) is 1. The zero-order chi connectivity index (χ0) is 15.7. The number of amides is 1. The standard InChI is InChI=1S/C16H23NO4/c1-3-4-13(11-16(19)20)17-15(18)9-10-21-14-7-5-12(2)6-8-14/h5-8,13H,3-4,9-11H2,1-2H3,(H,17,18)(H,19,20). The number of nitrogens with one attached hydrogen (secondary N) is 1. The van der Waals surface area contributed by atoms with Gasteiger partial charge in [-0.2, -0.15) is 0 Å². The fraction of sp³-hybridized carbons (Fsp3) is 0.500. The van der Waals surface area contributed by atoms with Crippen LogP contribution in [0.5, 0.6) is 5.75 Å². The number of carbonyl (C=O) groups is 2. The Morgan fingerprint density at radius 2 is 1.95 bits per heavy atom. The quantitative estimate of drug-likeness (QED) is 0.733. The van der Waals surface area contributed by atoms with Crippen LogP contribution in [0.3, 0.4) is 0 Å². The van der Waals surface area contributed by atoms with Gasteiger partial charge >= 0.3 is 5.97 Å². The molecule has 1 unspecified atom stereocenters. The second kappa shape index (κ2) is 9.00. The van der Waals surface area contributed by atoms with E-state index in [9.17, 15) is 9.59 Å². The van der Waals surface area contributed by atoms with Crippen LogP contribution in [0.1, 0.15) is 38.2 Å². The molecule has 0 aliphatic rings. The van der Waals surface area contributed by atoms with Crippen LogP contribution >= 0.6 is 0 Å². The van der Waals surface area contributed by atoms with Crippen molar-refractivity contribution in [3.8, 4) is 5.75 Å². The molecule has 21 heavy (non-hydrogen) atoms. The van der Waals surface area contributed by atoms with E-state index in [1.165, 1.54) is 0 Å². The minimum absolute atomic E-state index is 0.0433. The second-order valence-electron chi connectivity index (χ2n) is 5.06. The van der Waals surface area contributed by atoms with E-state index >= 15 is 0 Å². The molecule has 0 radical (unpaired) electrons. The molecule has 0 fully saturated rings. The summed E-state index contributed by atoms with van der Waals surface area (Å²) in [6.45, 7) is 4.23. The number of aryl methyl sites for hydroxylation is 1. The summed E-state index contributed by atoms with van der Waals surface area (Å²) in [7, 11) is 0. The van der Waals surface area contributed by atoms with Gasteiger partial charge in [-0.25, -0.2) is 0 Å². The van der Waals surface area contributed by atoms with Crippen LogP contribution in [-0.4, -0.2) is 29.6 Å². The highest BCUT2D eigenvalue weighted by molar-refractivity contribution is 5.77. The Hall–Kier alpha value is -2.04. The van der Waals surface area contributed by atoms with Crippen LogP contribution in [0.25, 0.3) is 0 Å². The lowest BCUT2D eigenvalue weighted by Gasteiger charge is -2.16. The molecule has 0 spiro atoms. The van der Waals surface area contributed by atoms with Crippen molar-refractivity contribution in [3.05, 3.63) is 29.8 Å². The largest absolute Gasteiger partial charge is 0.493 e. The second-order valence-corrected chi connectivity index (χ2v) is 5.06. The molecule has 116 valence electrons. The van der Waals surface area contributed by atoms with Gasteiger partial charge < -0.3 is 15.2 Å². The zero-order valence-corrected chi connectivity index (χ0v) is 12.6. The first-order valence-electron chi connectivity index (χ1n) is 7.22. The van der Waals surface area contributed by atoms with E-state index in [0.29, 0.717) is 6.42 Å². The number of carboxylic acids is 1. The topological polar surface area (TPSA) is 75.6 Å². The van der Waals surface area contributed by atoms with Crippen LogP contribution in [0.4, 0.5) is 0 Å². The third kappa shape index (κ3) is 7.34. The molecule has 5 heteroatoms. The molecule has 0 saturated carbocycles. The van der Waals surface area contributed by atoms with E-state index in [1.807, 2.05) is 38.1 Å². The van der Waals surface area contributed by atoms with Gasteiger partial charge in [0.05, 0.1) is 19.4 Å². The van der Waals surface area contributed by atoms with E-state index in [0.717, 1.165) is 17.7 Å². The molecule has 1 rings (SSSR count). The van der Waals surface area contributed by atoms with Crippen molar-refractivity contribution in [1.82, 2.24) is 5.32 Å². The van der Waals surface area contributed by atoms with Crippen molar-refractivity contribution >= 4 is 11.9 Å². The fourth-order valence-corrected chi connectivity index (χ4v) is 1.98. The van der Waals surface area contributed by atoms with Gasteiger partial charge in [0.25, 0.3) is 0 Å². The molecule has 2 N–H and O–H groups in total. The molecule has 0 aromatic heterocycles. The van der Waals surface area contributed by atoms with Crippen LogP contribution in [0, 0.1) is 6.92 Å². The van der Waals surface area contributed by atoms with Crippen molar-refractivity contribution < 1.29 is 19.4 Å². The van der Waals surface area contributed by atoms with E-state index in [-0.39, 0.29) is 31.4 Å². The van der Waals surface area contributed by atoms with Crippen molar-refractivity contribution in [2.24, 2.45) is 0 Å². The Kier molecular flexibility index (Phi) is 7.29. The molecule has 5 nitrogen and oxygen atoms in total. The first-order chi connectivity index (χ1) is 10.0. The van der Waals surface area contributed by atoms with Gasteiger partial charge in [0.15, 0.2) is 0 Å². The van der Waals surface area contributed by atoms with Crippen LogP contribution in [-0.2, 0) is 9.59 Å². The van der Waals surface area contributed by atoms with Crippen molar-refractivity contribution in [3.63, 3.8) is 0 Å². The Balaban J connectivity index is 2.31. The molecule has 0 aliphatic heterocycles. The monoisotopic (exact) mass is 293 g/mol. The van der Waals surface area contributed by atoms with Gasteiger partial charge in [0.1, 0.15) is 5.75 Å². The number of rotatable bonds is 9. The molecular formula is C16H23NO4. The van der Waals surface area contributed by atoms with E-state index < -0.39 is 5.97 Å². The normalized spacial score (nSPS) is 11.7. The summed E-state index contributed by atoms with van der Waals surface area (Å²) in [6, 6.07) is 7.30. The number of ether oxygens (including phenoxy) is 1. The minimum Gasteiger partial charge on any atom is -0.493 e. The Morgan fingerprint density at radius 1 is 1.29 bits per heavy atom. The fourth-order valence-electron chi connectivity index (χ4n) is 1.98. The van der Waals surface area contributed by atoms with Gasteiger partial charge in [-0.05, 0) is 25.5 Å². The lowest BCUT2D eigenvalue weighted by atomic mass is 10.1. The maximum absolute atomic E-state index is 11.8. The van der Waals surface area contributed by atoms with Gasteiger partial charge in [0, 0.05) is 6.04 Å². The summed E-state index contributed by atoms with van der Waals surface area (Å²) in [5, 5.41) is 11.5. The number of benzene rings is 1. The third-order valence-electron chi connectivity index (χ3n) is 3.04. The molecule has 1 aromatic rings.